The molecule has 0 radical (unpaired) electrons. The molecule has 3 rings (SSSR count). The van der Waals surface area contributed by atoms with E-state index in [4.69, 9.17) is 4.74 Å². The highest BCUT2D eigenvalue weighted by Crippen LogP contribution is 2.39. The summed E-state index contributed by atoms with van der Waals surface area (Å²) in [6, 6.07) is 2.10. The third-order valence-electron chi connectivity index (χ3n) is 4.55. The third kappa shape index (κ3) is 4.16. The largest absolute Gasteiger partial charge is 0.462 e. The number of hydrogen-bond donors (Lipinski definition) is 2. The van der Waals surface area contributed by atoms with Gasteiger partial charge in [-0.15, -0.1) is 22.7 Å². The maximum atomic E-state index is 12.5. The Morgan fingerprint density at radius 1 is 1.35 bits per heavy atom. The van der Waals surface area contributed by atoms with Crippen molar-refractivity contribution in [1.29, 1.82) is 0 Å². The highest BCUT2D eigenvalue weighted by atomic mass is 32.1. The number of anilines is 1. The number of quaternary nitrogens is 1. The number of nitrogens with one attached hydrogen (secondary N) is 2. The second-order valence-corrected chi connectivity index (χ2v) is 8.77. The van der Waals surface area contributed by atoms with Gasteiger partial charge in [0.2, 0.25) is 0 Å². The lowest BCUT2D eigenvalue weighted by atomic mass is 10.1. The standard InChI is InChI=1S/C19H24N2O3S2/c1-4-24-19(23)17-13-6-5-7-14(13)26-18(17)20-16(22)11-21(3)10-15-12(2)8-9-25-15/h8-9H,4-7,10-11H2,1-3H3,(H,20,22)/p+1. The molecule has 1 unspecified atom stereocenters. The van der Waals surface area contributed by atoms with Gasteiger partial charge in [-0.3, -0.25) is 4.79 Å². The van der Waals surface area contributed by atoms with Gasteiger partial charge in [-0.2, -0.15) is 0 Å². The quantitative estimate of drug-likeness (QED) is 0.711. The van der Waals surface area contributed by atoms with E-state index in [0.29, 0.717) is 23.7 Å². The van der Waals surface area contributed by atoms with E-state index in [-0.39, 0.29) is 11.9 Å². The van der Waals surface area contributed by atoms with Crippen LogP contribution in [-0.2, 0) is 28.9 Å². The summed E-state index contributed by atoms with van der Waals surface area (Å²) < 4.78 is 5.21. The molecule has 0 fully saturated rings. The van der Waals surface area contributed by atoms with Crippen molar-refractivity contribution in [1.82, 2.24) is 0 Å². The molecule has 1 aliphatic rings. The van der Waals surface area contributed by atoms with E-state index < -0.39 is 0 Å². The fourth-order valence-electron chi connectivity index (χ4n) is 3.28. The number of thiophene rings is 2. The van der Waals surface area contributed by atoms with Gasteiger partial charge in [0.05, 0.1) is 24.1 Å². The smallest absolute Gasteiger partial charge is 0.341 e. The SMILES string of the molecule is CCOC(=O)c1c(NC(=O)C[NH+](C)Cc2sccc2C)sc2c1CCC2. The van der Waals surface area contributed by atoms with Crippen molar-refractivity contribution in [3.63, 3.8) is 0 Å². The summed E-state index contributed by atoms with van der Waals surface area (Å²) in [5.41, 5.74) is 2.91. The Morgan fingerprint density at radius 2 is 2.15 bits per heavy atom. The number of aryl methyl sites for hydroxylation is 2. The fourth-order valence-corrected chi connectivity index (χ4v) is 5.59. The van der Waals surface area contributed by atoms with Crippen LogP contribution < -0.4 is 10.2 Å². The van der Waals surface area contributed by atoms with Crippen LogP contribution in [0.25, 0.3) is 0 Å². The third-order valence-corrected chi connectivity index (χ3v) is 6.78. The number of amides is 1. The molecule has 5 nitrogen and oxygen atoms in total. The van der Waals surface area contributed by atoms with E-state index in [9.17, 15) is 9.59 Å². The first-order valence-corrected chi connectivity index (χ1v) is 10.6. The van der Waals surface area contributed by atoms with E-state index in [1.54, 1.807) is 18.3 Å². The Labute approximate surface area is 162 Å². The van der Waals surface area contributed by atoms with Crippen LogP contribution in [0.5, 0.6) is 0 Å². The summed E-state index contributed by atoms with van der Waals surface area (Å²) in [6.45, 7) is 5.42. The zero-order chi connectivity index (χ0) is 18.7. The molecule has 0 spiro atoms. The lowest BCUT2D eigenvalue weighted by molar-refractivity contribution is -0.884. The Kier molecular flexibility index (Phi) is 6.11. The highest BCUT2D eigenvalue weighted by Gasteiger charge is 2.28. The highest BCUT2D eigenvalue weighted by molar-refractivity contribution is 7.17. The van der Waals surface area contributed by atoms with Crippen molar-refractivity contribution in [2.24, 2.45) is 0 Å². The van der Waals surface area contributed by atoms with Crippen molar-refractivity contribution >= 4 is 39.6 Å². The molecule has 0 aliphatic heterocycles. The molecule has 0 aromatic carbocycles. The molecule has 2 aromatic rings. The van der Waals surface area contributed by atoms with Crippen LogP contribution in [0.3, 0.4) is 0 Å². The normalized spacial score (nSPS) is 14.1. The zero-order valence-corrected chi connectivity index (χ0v) is 17.1. The Bertz CT molecular complexity index is 810. The Hall–Kier alpha value is -1.70. The molecule has 0 bridgehead atoms. The minimum Gasteiger partial charge on any atom is -0.462 e. The first-order valence-electron chi connectivity index (χ1n) is 8.95. The number of esters is 1. The molecule has 26 heavy (non-hydrogen) atoms. The second-order valence-electron chi connectivity index (χ2n) is 6.67. The summed E-state index contributed by atoms with van der Waals surface area (Å²) in [5.74, 6) is -0.390. The van der Waals surface area contributed by atoms with Crippen molar-refractivity contribution in [2.45, 2.75) is 39.7 Å². The molecule has 1 amide bonds. The summed E-state index contributed by atoms with van der Waals surface area (Å²) in [6.07, 6.45) is 2.93. The summed E-state index contributed by atoms with van der Waals surface area (Å²) >= 11 is 3.25. The zero-order valence-electron chi connectivity index (χ0n) is 15.4. The van der Waals surface area contributed by atoms with Gasteiger partial charge in [0.15, 0.2) is 6.54 Å². The molecular formula is C19H25N2O3S2+. The van der Waals surface area contributed by atoms with Gasteiger partial charge in [-0.1, -0.05) is 0 Å². The van der Waals surface area contributed by atoms with Crippen LogP contribution in [0.1, 0.15) is 44.6 Å². The van der Waals surface area contributed by atoms with E-state index in [2.05, 4.69) is 23.7 Å². The molecule has 2 N–H and O–H groups in total. The number of hydrogen-bond acceptors (Lipinski definition) is 5. The lowest BCUT2D eigenvalue weighted by Crippen LogP contribution is -3.08. The predicted molar refractivity (Wildman–Crippen MR) is 105 cm³/mol. The molecule has 0 saturated carbocycles. The number of rotatable bonds is 7. The van der Waals surface area contributed by atoms with E-state index in [0.717, 1.165) is 36.3 Å². The number of carbonyl (C=O) groups is 2. The van der Waals surface area contributed by atoms with Crippen LogP contribution in [-0.4, -0.2) is 32.1 Å². The molecule has 2 heterocycles. The van der Waals surface area contributed by atoms with Gasteiger partial charge in [-0.05, 0) is 55.7 Å². The maximum absolute atomic E-state index is 12.5. The first-order chi connectivity index (χ1) is 12.5. The van der Waals surface area contributed by atoms with Crippen LogP contribution in [0.2, 0.25) is 0 Å². The average molecular weight is 394 g/mol. The maximum Gasteiger partial charge on any atom is 0.341 e. The Morgan fingerprint density at radius 3 is 2.85 bits per heavy atom. The molecule has 1 atom stereocenters. The van der Waals surface area contributed by atoms with E-state index in [1.807, 2.05) is 7.05 Å². The number of carbonyl (C=O) groups excluding carboxylic acids is 2. The molecule has 2 aromatic heterocycles. The number of likely N-dealkylation sites (N-methyl/N-ethyl adjacent to an activating group) is 1. The number of ether oxygens (including phenoxy) is 1. The van der Waals surface area contributed by atoms with Gasteiger partial charge in [-0.25, -0.2) is 4.79 Å². The van der Waals surface area contributed by atoms with Gasteiger partial charge in [0.1, 0.15) is 11.5 Å². The Balaban J connectivity index is 1.67. The topological polar surface area (TPSA) is 59.8 Å². The van der Waals surface area contributed by atoms with Gasteiger partial charge >= 0.3 is 5.97 Å². The van der Waals surface area contributed by atoms with E-state index in [1.165, 1.54) is 26.7 Å². The minimum absolute atomic E-state index is 0.0674. The van der Waals surface area contributed by atoms with Gasteiger partial charge in [0, 0.05) is 4.88 Å². The van der Waals surface area contributed by atoms with Crippen LogP contribution in [0.4, 0.5) is 5.00 Å². The molecule has 140 valence electrons. The predicted octanol–water partition coefficient (Wildman–Crippen LogP) is 2.44. The van der Waals surface area contributed by atoms with E-state index >= 15 is 0 Å². The monoisotopic (exact) mass is 393 g/mol. The first kappa shape index (κ1) is 19.1. The fraction of sp³-hybridized carbons (Fsp3) is 0.474. The number of fused-ring (bicyclic) bond motifs is 1. The van der Waals surface area contributed by atoms with Gasteiger partial charge in [0.25, 0.3) is 5.91 Å². The van der Waals surface area contributed by atoms with Crippen LogP contribution in [0, 0.1) is 6.92 Å². The van der Waals surface area contributed by atoms with Crippen molar-refractivity contribution in [2.75, 3.05) is 25.5 Å². The average Bonchev–Trinajstić information content (AvgIpc) is 3.24. The molecular weight excluding hydrogens is 368 g/mol. The van der Waals surface area contributed by atoms with Crippen molar-refractivity contribution in [3.05, 3.63) is 37.9 Å². The molecule has 0 saturated heterocycles. The summed E-state index contributed by atoms with van der Waals surface area (Å²) in [5, 5.41) is 5.70. The molecule has 7 heteroatoms. The molecule has 1 aliphatic carbocycles. The van der Waals surface area contributed by atoms with Gasteiger partial charge < -0.3 is 15.0 Å². The lowest BCUT2D eigenvalue weighted by Gasteiger charge is -2.14. The minimum atomic E-state index is -0.322. The summed E-state index contributed by atoms with van der Waals surface area (Å²) in [7, 11) is 2.01. The van der Waals surface area contributed by atoms with Crippen molar-refractivity contribution < 1.29 is 19.2 Å². The van der Waals surface area contributed by atoms with Crippen molar-refractivity contribution in [3.8, 4) is 0 Å². The summed E-state index contributed by atoms with van der Waals surface area (Å²) in [4.78, 5) is 28.5. The van der Waals surface area contributed by atoms with Crippen LogP contribution >= 0.6 is 22.7 Å². The van der Waals surface area contributed by atoms with Crippen LogP contribution in [0.15, 0.2) is 11.4 Å². The second kappa shape index (κ2) is 8.33.